The van der Waals surface area contributed by atoms with Crippen LogP contribution >= 0.6 is 11.3 Å². The Morgan fingerprint density at radius 2 is 1.60 bits per heavy atom. The summed E-state index contributed by atoms with van der Waals surface area (Å²) in [6.45, 7) is 0. The fourth-order valence-electron chi connectivity index (χ4n) is 2.06. The maximum Gasteiger partial charge on any atom is 0.0305 e. The van der Waals surface area contributed by atoms with Crippen molar-refractivity contribution in [3.05, 3.63) is 58.3 Å². The van der Waals surface area contributed by atoms with Crippen LogP contribution < -0.4 is 0 Å². The molecule has 74 valence electrons. The van der Waals surface area contributed by atoms with E-state index in [9.17, 15) is 0 Å². The predicted octanol–water partition coefficient (Wildman–Crippen LogP) is 4.45. The van der Waals surface area contributed by atoms with Gasteiger partial charge in [-0.2, -0.15) is 0 Å². The standard InChI is InChI=1S/C14H12S/c1-2-5-11(6-3-1)12-8-9-13(12)14-7-4-10-15-14/h1-7,10H,8-9H2. The molecular weight excluding hydrogens is 200 g/mol. The third kappa shape index (κ3) is 1.53. The van der Waals surface area contributed by atoms with Crippen molar-refractivity contribution in [2.75, 3.05) is 0 Å². The van der Waals surface area contributed by atoms with Crippen molar-refractivity contribution in [1.82, 2.24) is 0 Å². The summed E-state index contributed by atoms with van der Waals surface area (Å²) < 4.78 is 0. The lowest BCUT2D eigenvalue weighted by Gasteiger charge is -2.23. The summed E-state index contributed by atoms with van der Waals surface area (Å²) in [5, 5.41) is 2.16. The van der Waals surface area contributed by atoms with E-state index in [1.807, 2.05) is 11.3 Å². The van der Waals surface area contributed by atoms with Crippen LogP contribution in [0.3, 0.4) is 0 Å². The van der Waals surface area contributed by atoms with Gasteiger partial charge in [0.2, 0.25) is 0 Å². The lowest BCUT2D eigenvalue weighted by atomic mass is 9.83. The molecule has 0 nitrogen and oxygen atoms in total. The van der Waals surface area contributed by atoms with Gasteiger partial charge in [0.1, 0.15) is 0 Å². The van der Waals surface area contributed by atoms with E-state index in [-0.39, 0.29) is 0 Å². The van der Waals surface area contributed by atoms with Crippen LogP contribution in [-0.2, 0) is 0 Å². The van der Waals surface area contributed by atoms with Crippen molar-refractivity contribution in [2.24, 2.45) is 0 Å². The SMILES string of the molecule is c1ccc(C2=C(c3cccs3)CC2)cc1. The summed E-state index contributed by atoms with van der Waals surface area (Å²) >= 11 is 1.85. The van der Waals surface area contributed by atoms with Crippen LogP contribution in [0, 0.1) is 0 Å². The highest BCUT2D eigenvalue weighted by Gasteiger charge is 2.20. The van der Waals surface area contributed by atoms with Gasteiger partial charge in [0.05, 0.1) is 0 Å². The summed E-state index contributed by atoms with van der Waals surface area (Å²) in [7, 11) is 0. The second-order valence-corrected chi connectivity index (χ2v) is 4.75. The number of hydrogen-bond acceptors (Lipinski definition) is 1. The molecule has 0 radical (unpaired) electrons. The molecule has 1 aromatic carbocycles. The van der Waals surface area contributed by atoms with E-state index in [1.165, 1.54) is 28.9 Å². The van der Waals surface area contributed by atoms with Gasteiger partial charge in [0.25, 0.3) is 0 Å². The zero-order chi connectivity index (χ0) is 10.1. The van der Waals surface area contributed by atoms with Crippen molar-refractivity contribution < 1.29 is 0 Å². The Hall–Kier alpha value is -1.34. The molecule has 0 amide bonds. The molecule has 1 aromatic heterocycles. The molecule has 0 fully saturated rings. The molecule has 15 heavy (non-hydrogen) atoms. The van der Waals surface area contributed by atoms with Crippen molar-refractivity contribution in [1.29, 1.82) is 0 Å². The van der Waals surface area contributed by atoms with Gasteiger partial charge in [-0.1, -0.05) is 36.4 Å². The molecule has 1 aliphatic rings. The molecule has 0 saturated heterocycles. The molecule has 1 aliphatic carbocycles. The molecule has 1 heteroatoms. The quantitative estimate of drug-likeness (QED) is 0.689. The highest BCUT2D eigenvalue weighted by Crippen LogP contribution is 2.43. The third-order valence-corrected chi connectivity index (χ3v) is 3.86. The number of rotatable bonds is 2. The average molecular weight is 212 g/mol. The topological polar surface area (TPSA) is 0 Å². The van der Waals surface area contributed by atoms with Crippen molar-refractivity contribution >= 4 is 22.5 Å². The Morgan fingerprint density at radius 1 is 0.800 bits per heavy atom. The number of benzene rings is 1. The smallest absolute Gasteiger partial charge is 0.0305 e. The fourth-order valence-corrected chi connectivity index (χ4v) is 2.88. The van der Waals surface area contributed by atoms with Crippen molar-refractivity contribution in [3.63, 3.8) is 0 Å². The molecule has 0 atom stereocenters. The molecule has 1 heterocycles. The Morgan fingerprint density at radius 3 is 2.20 bits per heavy atom. The average Bonchev–Trinajstić information content (AvgIpc) is 2.71. The van der Waals surface area contributed by atoms with Crippen LogP contribution in [-0.4, -0.2) is 0 Å². The molecule has 0 spiro atoms. The molecular formula is C14H12S. The molecule has 0 unspecified atom stereocenters. The molecule has 0 aliphatic heterocycles. The van der Waals surface area contributed by atoms with Gasteiger partial charge < -0.3 is 0 Å². The molecule has 3 rings (SSSR count). The first-order chi connectivity index (χ1) is 7.45. The van der Waals surface area contributed by atoms with Gasteiger partial charge in [0.15, 0.2) is 0 Å². The fraction of sp³-hybridized carbons (Fsp3) is 0.143. The molecule has 2 aromatic rings. The van der Waals surface area contributed by atoms with Crippen LogP contribution in [0.2, 0.25) is 0 Å². The van der Waals surface area contributed by atoms with Gasteiger partial charge in [-0.05, 0) is 41.0 Å². The lowest BCUT2D eigenvalue weighted by Crippen LogP contribution is -2.00. The second kappa shape index (κ2) is 3.67. The van der Waals surface area contributed by atoms with E-state index in [0.717, 1.165) is 0 Å². The van der Waals surface area contributed by atoms with Crippen LogP contribution in [0.25, 0.3) is 11.1 Å². The Kier molecular flexibility index (Phi) is 2.18. The molecule has 0 bridgehead atoms. The van der Waals surface area contributed by atoms with Crippen molar-refractivity contribution in [2.45, 2.75) is 12.8 Å². The zero-order valence-electron chi connectivity index (χ0n) is 8.44. The number of allylic oxidation sites excluding steroid dienone is 2. The maximum absolute atomic E-state index is 2.22. The van der Waals surface area contributed by atoms with Gasteiger partial charge in [0, 0.05) is 4.88 Å². The maximum atomic E-state index is 2.22. The van der Waals surface area contributed by atoms with Crippen LogP contribution in [0.15, 0.2) is 47.8 Å². The Bertz CT molecular complexity index is 477. The summed E-state index contributed by atoms with van der Waals surface area (Å²) in [4.78, 5) is 1.44. The third-order valence-electron chi connectivity index (χ3n) is 2.93. The summed E-state index contributed by atoms with van der Waals surface area (Å²) in [5.41, 5.74) is 4.49. The van der Waals surface area contributed by atoms with E-state index in [4.69, 9.17) is 0 Å². The van der Waals surface area contributed by atoms with Crippen LogP contribution in [0.1, 0.15) is 23.3 Å². The predicted molar refractivity (Wildman–Crippen MR) is 66.8 cm³/mol. The first-order valence-electron chi connectivity index (χ1n) is 5.26. The van der Waals surface area contributed by atoms with E-state index >= 15 is 0 Å². The first kappa shape index (κ1) is 8.93. The highest BCUT2D eigenvalue weighted by molar-refractivity contribution is 7.11. The largest absolute Gasteiger partial charge is 0.144 e. The van der Waals surface area contributed by atoms with E-state index in [1.54, 1.807) is 5.57 Å². The zero-order valence-corrected chi connectivity index (χ0v) is 9.26. The van der Waals surface area contributed by atoms with Gasteiger partial charge in [-0.3, -0.25) is 0 Å². The Labute approximate surface area is 93.9 Å². The second-order valence-electron chi connectivity index (χ2n) is 3.80. The number of hydrogen-bond donors (Lipinski definition) is 0. The van der Waals surface area contributed by atoms with Crippen LogP contribution in [0.4, 0.5) is 0 Å². The lowest BCUT2D eigenvalue weighted by molar-refractivity contribution is 1.02. The molecule has 0 N–H and O–H groups in total. The van der Waals surface area contributed by atoms with Crippen molar-refractivity contribution in [3.8, 4) is 0 Å². The van der Waals surface area contributed by atoms with E-state index < -0.39 is 0 Å². The van der Waals surface area contributed by atoms with Gasteiger partial charge in [-0.25, -0.2) is 0 Å². The van der Waals surface area contributed by atoms with E-state index in [2.05, 4.69) is 47.8 Å². The Balaban J connectivity index is 2.05. The van der Waals surface area contributed by atoms with Gasteiger partial charge in [-0.15, -0.1) is 11.3 Å². The highest BCUT2D eigenvalue weighted by atomic mass is 32.1. The summed E-state index contributed by atoms with van der Waals surface area (Å²) in [6, 6.07) is 15.1. The van der Waals surface area contributed by atoms with Gasteiger partial charge >= 0.3 is 0 Å². The van der Waals surface area contributed by atoms with Crippen LogP contribution in [0.5, 0.6) is 0 Å². The minimum Gasteiger partial charge on any atom is -0.144 e. The minimum absolute atomic E-state index is 1.23. The monoisotopic (exact) mass is 212 g/mol. The van der Waals surface area contributed by atoms with E-state index in [0.29, 0.717) is 0 Å². The number of thiophene rings is 1. The summed E-state index contributed by atoms with van der Waals surface area (Å²) in [5.74, 6) is 0. The normalized spacial score (nSPS) is 15.2. The summed E-state index contributed by atoms with van der Waals surface area (Å²) in [6.07, 6.45) is 2.47. The molecule has 0 saturated carbocycles. The minimum atomic E-state index is 1.23. The first-order valence-corrected chi connectivity index (χ1v) is 6.14.